The first-order chi connectivity index (χ1) is 8.97. The minimum Gasteiger partial charge on any atom is -0.478 e. The van der Waals surface area contributed by atoms with Crippen molar-refractivity contribution in [3.05, 3.63) is 40.3 Å². The van der Waals surface area contributed by atoms with E-state index in [1.807, 2.05) is 20.2 Å². The van der Waals surface area contributed by atoms with Gasteiger partial charge in [0, 0.05) is 31.5 Å². The summed E-state index contributed by atoms with van der Waals surface area (Å²) in [4.78, 5) is 15.0. The number of aromatic carboxylic acids is 1. The van der Waals surface area contributed by atoms with Crippen LogP contribution in [0.4, 0.5) is 5.82 Å². The average molecular weight is 281 g/mol. The average Bonchev–Trinajstić information content (AvgIpc) is 2.66. The summed E-state index contributed by atoms with van der Waals surface area (Å²) in [5.41, 5.74) is 1.97. The second-order valence-electron chi connectivity index (χ2n) is 4.12. The largest absolute Gasteiger partial charge is 0.478 e. The van der Waals surface area contributed by atoms with Gasteiger partial charge >= 0.3 is 5.97 Å². The molecule has 2 aromatic heterocycles. The first-order valence-corrected chi connectivity index (χ1v) is 5.97. The highest BCUT2D eigenvalue weighted by Gasteiger charge is 2.10. The van der Waals surface area contributed by atoms with Gasteiger partial charge in [0.25, 0.3) is 0 Å². The Morgan fingerprint density at radius 1 is 1.58 bits per heavy atom. The Kier molecular flexibility index (Phi) is 3.71. The lowest BCUT2D eigenvalue weighted by Gasteiger charge is -2.06. The van der Waals surface area contributed by atoms with Crippen molar-refractivity contribution in [1.82, 2.24) is 14.8 Å². The molecule has 2 heterocycles. The number of nitrogens with one attached hydrogen (secondary N) is 1. The van der Waals surface area contributed by atoms with E-state index in [1.54, 1.807) is 4.68 Å². The third-order valence-electron chi connectivity index (χ3n) is 2.66. The molecule has 0 radical (unpaired) electrons. The first kappa shape index (κ1) is 13.4. The van der Waals surface area contributed by atoms with Crippen LogP contribution in [-0.4, -0.2) is 25.8 Å². The van der Waals surface area contributed by atoms with E-state index >= 15 is 0 Å². The maximum absolute atomic E-state index is 11.0. The van der Waals surface area contributed by atoms with E-state index in [9.17, 15) is 4.79 Å². The zero-order valence-corrected chi connectivity index (χ0v) is 11.3. The fourth-order valence-corrected chi connectivity index (χ4v) is 1.89. The van der Waals surface area contributed by atoms with E-state index in [0.29, 0.717) is 12.4 Å². The number of anilines is 1. The Hall–Kier alpha value is -2.08. The van der Waals surface area contributed by atoms with Crippen LogP contribution >= 0.6 is 11.6 Å². The number of hydrogen-bond acceptors (Lipinski definition) is 4. The van der Waals surface area contributed by atoms with Crippen molar-refractivity contribution in [2.24, 2.45) is 7.05 Å². The zero-order valence-electron chi connectivity index (χ0n) is 10.5. The van der Waals surface area contributed by atoms with Crippen LogP contribution in [0.3, 0.4) is 0 Å². The second kappa shape index (κ2) is 5.27. The lowest BCUT2D eigenvalue weighted by molar-refractivity contribution is 0.0697. The molecular weight excluding hydrogens is 268 g/mol. The van der Waals surface area contributed by atoms with E-state index in [1.165, 1.54) is 12.3 Å². The summed E-state index contributed by atoms with van der Waals surface area (Å²) in [6, 6.07) is 1.41. The van der Waals surface area contributed by atoms with Gasteiger partial charge in [0.1, 0.15) is 5.82 Å². The molecule has 2 N–H and O–H groups in total. The van der Waals surface area contributed by atoms with Gasteiger partial charge in [0.15, 0.2) is 0 Å². The molecule has 0 unspecified atom stereocenters. The van der Waals surface area contributed by atoms with Gasteiger partial charge < -0.3 is 10.4 Å². The number of hydrogen-bond donors (Lipinski definition) is 2. The van der Waals surface area contributed by atoms with Crippen LogP contribution in [0.2, 0.25) is 5.02 Å². The van der Waals surface area contributed by atoms with E-state index in [2.05, 4.69) is 15.4 Å². The molecule has 0 atom stereocenters. The molecule has 0 bridgehead atoms. The number of rotatable bonds is 4. The fraction of sp³-hybridized carbons (Fsp3) is 0.250. The number of nitrogens with zero attached hydrogens (tertiary/aromatic N) is 3. The third-order valence-corrected chi connectivity index (χ3v) is 2.96. The van der Waals surface area contributed by atoms with Crippen LogP contribution < -0.4 is 5.32 Å². The molecule has 7 heteroatoms. The van der Waals surface area contributed by atoms with Gasteiger partial charge in [-0.3, -0.25) is 4.68 Å². The zero-order chi connectivity index (χ0) is 14.0. The monoisotopic (exact) mass is 280 g/mol. The topological polar surface area (TPSA) is 80.0 Å². The molecule has 19 heavy (non-hydrogen) atoms. The molecule has 0 saturated carbocycles. The minimum absolute atomic E-state index is 0.0297. The van der Waals surface area contributed by atoms with Crippen molar-refractivity contribution in [2.45, 2.75) is 13.5 Å². The summed E-state index contributed by atoms with van der Waals surface area (Å²) in [5, 5.41) is 16.4. The Balaban J connectivity index is 2.14. The second-order valence-corrected chi connectivity index (χ2v) is 4.53. The van der Waals surface area contributed by atoms with E-state index < -0.39 is 5.97 Å². The molecular formula is C12H13ClN4O2. The van der Waals surface area contributed by atoms with Crippen LogP contribution in [0.1, 0.15) is 21.6 Å². The highest BCUT2D eigenvalue weighted by Crippen LogP contribution is 2.18. The lowest BCUT2D eigenvalue weighted by atomic mass is 10.2. The molecule has 0 aliphatic heterocycles. The molecule has 0 fully saturated rings. The van der Waals surface area contributed by atoms with Crippen molar-refractivity contribution in [1.29, 1.82) is 0 Å². The van der Waals surface area contributed by atoms with Crippen LogP contribution in [0.15, 0.2) is 18.5 Å². The van der Waals surface area contributed by atoms with Crippen molar-refractivity contribution in [3.63, 3.8) is 0 Å². The van der Waals surface area contributed by atoms with Crippen LogP contribution in [0, 0.1) is 6.92 Å². The third kappa shape index (κ3) is 3.03. The molecule has 0 aliphatic carbocycles. The van der Waals surface area contributed by atoms with Crippen molar-refractivity contribution >= 4 is 23.4 Å². The number of carboxylic acid groups (broad SMARTS) is 1. The van der Waals surface area contributed by atoms with Crippen LogP contribution in [-0.2, 0) is 13.6 Å². The summed E-state index contributed by atoms with van der Waals surface area (Å²) < 4.78 is 1.73. The van der Waals surface area contributed by atoms with Crippen LogP contribution in [0.5, 0.6) is 0 Å². The maximum atomic E-state index is 11.0. The molecule has 0 spiro atoms. The molecule has 2 rings (SSSR count). The molecule has 6 nitrogen and oxygen atoms in total. The summed E-state index contributed by atoms with van der Waals surface area (Å²) in [7, 11) is 1.85. The molecule has 2 aromatic rings. The number of pyridine rings is 1. The quantitative estimate of drug-likeness (QED) is 0.896. The van der Waals surface area contributed by atoms with Crippen molar-refractivity contribution in [3.8, 4) is 0 Å². The Labute approximate surface area is 115 Å². The molecule has 0 saturated heterocycles. The predicted octanol–water partition coefficient (Wildman–Crippen LogP) is 2.09. The molecule has 0 amide bonds. The Bertz CT molecular complexity index is 624. The number of carboxylic acids is 1. The fourth-order valence-electron chi connectivity index (χ4n) is 1.71. The molecule has 0 aliphatic rings. The lowest BCUT2D eigenvalue weighted by Crippen LogP contribution is -2.05. The van der Waals surface area contributed by atoms with Gasteiger partial charge in [0.05, 0.1) is 16.3 Å². The first-order valence-electron chi connectivity index (χ1n) is 5.59. The SMILES string of the molecule is Cc1nn(C)cc1CNc1cc(C(=O)O)c(Cl)cn1. The van der Waals surface area contributed by atoms with Crippen LogP contribution in [0.25, 0.3) is 0 Å². The number of halogens is 1. The standard InChI is InChI=1S/C12H13ClN4O2/c1-7-8(6-17(2)16-7)4-14-11-3-9(12(18)19)10(13)5-15-11/h3,5-6H,4H2,1-2H3,(H,14,15)(H,18,19). The number of aryl methyl sites for hydroxylation is 2. The maximum Gasteiger partial charge on any atom is 0.337 e. The number of aromatic nitrogens is 3. The van der Waals surface area contributed by atoms with Gasteiger partial charge in [-0.1, -0.05) is 11.6 Å². The summed E-state index contributed by atoms with van der Waals surface area (Å²) in [5.74, 6) is -0.613. The number of carbonyl (C=O) groups is 1. The van der Waals surface area contributed by atoms with Crippen molar-refractivity contribution < 1.29 is 9.90 Å². The van der Waals surface area contributed by atoms with E-state index in [-0.39, 0.29) is 10.6 Å². The Morgan fingerprint density at radius 3 is 2.89 bits per heavy atom. The van der Waals surface area contributed by atoms with E-state index in [0.717, 1.165) is 11.3 Å². The highest BCUT2D eigenvalue weighted by molar-refractivity contribution is 6.33. The van der Waals surface area contributed by atoms with Gasteiger partial charge in [-0.2, -0.15) is 5.10 Å². The van der Waals surface area contributed by atoms with Gasteiger partial charge in [-0.25, -0.2) is 9.78 Å². The Morgan fingerprint density at radius 2 is 2.32 bits per heavy atom. The van der Waals surface area contributed by atoms with Gasteiger partial charge in [-0.05, 0) is 13.0 Å². The molecule has 0 aromatic carbocycles. The smallest absolute Gasteiger partial charge is 0.337 e. The summed E-state index contributed by atoms with van der Waals surface area (Å²) in [6.45, 7) is 2.43. The normalized spacial score (nSPS) is 10.5. The van der Waals surface area contributed by atoms with Gasteiger partial charge in [-0.15, -0.1) is 0 Å². The van der Waals surface area contributed by atoms with Gasteiger partial charge in [0.2, 0.25) is 0 Å². The summed E-state index contributed by atoms with van der Waals surface area (Å²) in [6.07, 6.45) is 3.22. The molecule has 100 valence electrons. The van der Waals surface area contributed by atoms with Crippen molar-refractivity contribution in [2.75, 3.05) is 5.32 Å². The highest BCUT2D eigenvalue weighted by atomic mass is 35.5. The minimum atomic E-state index is -1.08. The predicted molar refractivity (Wildman–Crippen MR) is 71.5 cm³/mol. The van der Waals surface area contributed by atoms with E-state index in [4.69, 9.17) is 16.7 Å². The summed E-state index contributed by atoms with van der Waals surface area (Å²) >= 11 is 5.75.